The molecule has 0 aliphatic heterocycles. The Morgan fingerprint density at radius 3 is 2.75 bits per heavy atom. The first-order chi connectivity index (χ1) is 9.54. The molecule has 1 aromatic rings. The summed E-state index contributed by atoms with van der Waals surface area (Å²) in [5, 5.41) is 22.2. The number of nitrogens with two attached hydrogens (primary N) is 1. The second-order valence-electron chi connectivity index (χ2n) is 3.76. The highest BCUT2D eigenvalue weighted by Gasteiger charge is 2.13. The second-order valence-corrected chi connectivity index (χ2v) is 3.76. The van der Waals surface area contributed by atoms with Crippen molar-refractivity contribution in [2.45, 2.75) is 6.04 Å². The third-order valence-corrected chi connectivity index (χ3v) is 2.46. The van der Waals surface area contributed by atoms with Crippen LogP contribution in [0.3, 0.4) is 0 Å². The zero-order valence-corrected chi connectivity index (χ0v) is 11.2. The van der Waals surface area contributed by atoms with E-state index >= 15 is 0 Å². The highest BCUT2D eigenvalue weighted by molar-refractivity contribution is 5.88. The van der Waals surface area contributed by atoms with Gasteiger partial charge in [-0.1, -0.05) is 0 Å². The van der Waals surface area contributed by atoms with Crippen molar-refractivity contribution in [2.75, 3.05) is 20.8 Å². The lowest BCUT2D eigenvalue weighted by Gasteiger charge is -2.10. The van der Waals surface area contributed by atoms with E-state index in [2.05, 4.69) is 10.5 Å². The fourth-order valence-corrected chi connectivity index (χ4v) is 1.38. The summed E-state index contributed by atoms with van der Waals surface area (Å²) in [6.07, 6.45) is 1.28. The molecule has 1 amide bonds. The van der Waals surface area contributed by atoms with Gasteiger partial charge in [0.2, 0.25) is 5.75 Å². The molecule has 0 aliphatic carbocycles. The van der Waals surface area contributed by atoms with Gasteiger partial charge in [0.25, 0.3) is 5.91 Å². The Kier molecular flexibility index (Phi) is 5.75. The molecule has 110 valence electrons. The molecule has 0 bridgehead atoms. The number of methoxy groups -OCH3 is 2. The van der Waals surface area contributed by atoms with E-state index in [1.165, 1.54) is 26.5 Å². The lowest BCUT2D eigenvalue weighted by molar-refractivity contribution is -0.123. The van der Waals surface area contributed by atoms with Crippen molar-refractivity contribution in [3.05, 3.63) is 17.7 Å². The quantitative estimate of drug-likeness (QED) is 0.399. The molecule has 1 aromatic carbocycles. The van der Waals surface area contributed by atoms with Crippen LogP contribution in [0.25, 0.3) is 0 Å². The van der Waals surface area contributed by atoms with E-state index in [0.717, 1.165) is 0 Å². The van der Waals surface area contributed by atoms with E-state index in [1.54, 1.807) is 6.07 Å². The average Bonchev–Trinajstić information content (AvgIpc) is 2.46. The maximum absolute atomic E-state index is 11.3. The number of phenols is 1. The molecule has 20 heavy (non-hydrogen) atoms. The number of aliphatic hydroxyl groups excluding tert-OH is 1. The molecule has 0 aliphatic rings. The minimum Gasteiger partial charge on any atom is -0.502 e. The normalized spacial score (nSPS) is 12.2. The minimum atomic E-state index is -1.04. The SMILES string of the molecule is COc1ccc(/C=N/NC(=O)C(N)CO)c(OC)c1O. The number of hydrazone groups is 1. The van der Waals surface area contributed by atoms with E-state index in [-0.39, 0.29) is 17.2 Å². The standard InChI is InChI=1S/C12H17N3O5/c1-19-9-4-3-7(11(20-2)10(9)17)5-14-15-12(18)8(13)6-16/h3-5,8,16-17H,6,13H2,1-2H3,(H,15,18)/b14-5+. The minimum absolute atomic E-state index is 0.161. The van der Waals surface area contributed by atoms with Crippen molar-refractivity contribution in [3.63, 3.8) is 0 Å². The summed E-state index contributed by atoms with van der Waals surface area (Å²) in [6, 6.07) is 2.08. The Morgan fingerprint density at radius 2 is 2.20 bits per heavy atom. The summed E-state index contributed by atoms with van der Waals surface area (Å²) in [6.45, 7) is -0.478. The lowest BCUT2D eigenvalue weighted by Crippen LogP contribution is -2.40. The lowest BCUT2D eigenvalue weighted by atomic mass is 10.2. The maximum Gasteiger partial charge on any atom is 0.259 e. The zero-order chi connectivity index (χ0) is 15.1. The molecule has 0 spiro atoms. The number of aromatic hydroxyl groups is 1. The van der Waals surface area contributed by atoms with Crippen molar-refractivity contribution in [1.82, 2.24) is 5.43 Å². The van der Waals surface area contributed by atoms with Crippen LogP contribution >= 0.6 is 0 Å². The number of aliphatic hydroxyl groups is 1. The molecule has 1 unspecified atom stereocenters. The smallest absolute Gasteiger partial charge is 0.259 e. The number of rotatable bonds is 6. The summed E-state index contributed by atoms with van der Waals surface area (Å²) in [4.78, 5) is 11.3. The Morgan fingerprint density at radius 1 is 1.50 bits per heavy atom. The van der Waals surface area contributed by atoms with Crippen molar-refractivity contribution in [2.24, 2.45) is 10.8 Å². The number of phenolic OH excluding ortho intramolecular Hbond substituents is 1. The number of carbonyl (C=O) groups excluding carboxylic acids is 1. The zero-order valence-electron chi connectivity index (χ0n) is 11.2. The number of ether oxygens (including phenoxy) is 2. The van der Waals surface area contributed by atoms with Gasteiger partial charge in [-0.2, -0.15) is 5.10 Å². The van der Waals surface area contributed by atoms with E-state index in [4.69, 9.17) is 20.3 Å². The molecule has 0 fully saturated rings. The van der Waals surface area contributed by atoms with Crippen molar-refractivity contribution in [1.29, 1.82) is 0 Å². The first kappa shape index (κ1) is 15.7. The fraction of sp³-hybridized carbons (Fsp3) is 0.333. The average molecular weight is 283 g/mol. The summed E-state index contributed by atoms with van der Waals surface area (Å²) in [5.74, 6) is -0.378. The van der Waals surface area contributed by atoms with Crippen LogP contribution in [-0.2, 0) is 4.79 Å². The molecule has 8 nitrogen and oxygen atoms in total. The number of nitrogens with one attached hydrogen (secondary N) is 1. The van der Waals surface area contributed by atoms with Gasteiger partial charge in [0, 0.05) is 5.56 Å². The monoisotopic (exact) mass is 283 g/mol. The topological polar surface area (TPSA) is 126 Å². The van der Waals surface area contributed by atoms with Crippen molar-refractivity contribution < 1.29 is 24.5 Å². The van der Waals surface area contributed by atoms with Gasteiger partial charge >= 0.3 is 0 Å². The van der Waals surface area contributed by atoms with Gasteiger partial charge in [-0.25, -0.2) is 5.43 Å². The van der Waals surface area contributed by atoms with Crippen LogP contribution in [0.4, 0.5) is 0 Å². The molecule has 0 radical (unpaired) electrons. The van der Waals surface area contributed by atoms with Gasteiger partial charge in [-0.15, -0.1) is 0 Å². The maximum atomic E-state index is 11.3. The highest BCUT2D eigenvalue weighted by atomic mass is 16.5. The summed E-state index contributed by atoms with van der Waals surface area (Å²) in [7, 11) is 2.80. The van der Waals surface area contributed by atoms with Crippen LogP contribution in [0, 0.1) is 0 Å². The molecule has 0 aromatic heterocycles. The highest BCUT2D eigenvalue weighted by Crippen LogP contribution is 2.37. The third kappa shape index (κ3) is 3.59. The molecule has 0 saturated heterocycles. The number of hydrogen-bond donors (Lipinski definition) is 4. The van der Waals surface area contributed by atoms with Gasteiger partial charge in [-0.3, -0.25) is 4.79 Å². The summed E-state index contributed by atoms with van der Waals surface area (Å²) >= 11 is 0. The molecular formula is C12H17N3O5. The Balaban J connectivity index is 2.87. The van der Waals surface area contributed by atoms with Crippen LogP contribution in [-0.4, -0.2) is 49.2 Å². The molecule has 1 rings (SSSR count). The van der Waals surface area contributed by atoms with Gasteiger partial charge < -0.3 is 25.4 Å². The number of hydrogen-bond acceptors (Lipinski definition) is 7. The number of benzene rings is 1. The van der Waals surface area contributed by atoms with E-state index in [9.17, 15) is 9.90 Å². The second kappa shape index (κ2) is 7.31. The van der Waals surface area contributed by atoms with Crippen LogP contribution in [0.1, 0.15) is 5.56 Å². The molecular weight excluding hydrogens is 266 g/mol. The summed E-state index contributed by atoms with van der Waals surface area (Å²) in [5.41, 5.74) is 7.89. The Labute approximate surface area is 115 Å². The number of amides is 1. The predicted octanol–water partition coefficient (Wildman–Crippen LogP) is -0.821. The fourth-order valence-electron chi connectivity index (χ4n) is 1.38. The Bertz CT molecular complexity index is 504. The number of carbonyl (C=O) groups is 1. The van der Waals surface area contributed by atoms with E-state index < -0.39 is 18.6 Å². The Hall–Kier alpha value is -2.32. The van der Waals surface area contributed by atoms with Crippen LogP contribution < -0.4 is 20.6 Å². The van der Waals surface area contributed by atoms with Crippen molar-refractivity contribution in [3.8, 4) is 17.2 Å². The van der Waals surface area contributed by atoms with Gasteiger partial charge in [0.1, 0.15) is 6.04 Å². The van der Waals surface area contributed by atoms with Gasteiger partial charge in [0.15, 0.2) is 11.5 Å². The van der Waals surface area contributed by atoms with Crippen LogP contribution in [0.5, 0.6) is 17.2 Å². The molecule has 1 atom stereocenters. The third-order valence-electron chi connectivity index (χ3n) is 2.46. The first-order valence-electron chi connectivity index (χ1n) is 5.68. The molecule has 5 N–H and O–H groups in total. The van der Waals surface area contributed by atoms with Crippen LogP contribution in [0.15, 0.2) is 17.2 Å². The van der Waals surface area contributed by atoms with E-state index in [0.29, 0.717) is 5.56 Å². The number of nitrogens with zero attached hydrogens (tertiary/aromatic N) is 1. The largest absolute Gasteiger partial charge is 0.502 e. The van der Waals surface area contributed by atoms with E-state index in [1.807, 2.05) is 0 Å². The molecule has 0 saturated carbocycles. The predicted molar refractivity (Wildman–Crippen MR) is 72.0 cm³/mol. The summed E-state index contributed by atoms with van der Waals surface area (Å²) < 4.78 is 9.99. The van der Waals surface area contributed by atoms with Gasteiger partial charge in [-0.05, 0) is 12.1 Å². The molecule has 8 heteroatoms. The van der Waals surface area contributed by atoms with Crippen LogP contribution in [0.2, 0.25) is 0 Å². The first-order valence-corrected chi connectivity index (χ1v) is 5.68. The van der Waals surface area contributed by atoms with Crippen molar-refractivity contribution >= 4 is 12.1 Å². The molecule has 0 heterocycles. The van der Waals surface area contributed by atoms with Gasteiger partial charge in [0.05, 0.1) is 27.0 Å².